The van der Waals surface area contributed by atoms with Crippen molar-refractivity contribution in [3.8, 4) is 11.1 Å². The number of alkyl carbamates (subject to hydrolysis) is 1. The predicted octanol–water partition coefficient (Wildman–Crippen LogP) is 8.74. The molecule has 2 aromatic heterocycles. The van der Waals surface area contributed by atoms with Crippen molar-refractivity contribution in [3.63, 3.8) is 0 Å². The molecule has 2 heterocycles. The number of carbonyl (C=O) groups excluding carboxylic acids is 2. The number of pyridine rings is 1. The zero-order valence-corrected chi connectivity index (χ0v) is 31.4. The van der Waals surface area contributed by atoms with Gasteiger partial charge in [0.2, 0.25) is 5.91 Å². The second kappa shape index (κ2) is 16.6. The van der Waals surface area contributed by atoms with E-state index < -0.39 is 25.8 Å². The number of carbonyl (C=O) groups is 2. The van der Waals surface area contributed by atoms with E-state index in [1.165, 1.54) is 38.5 Å². The Labute approximate surface area is 284 Å². The number of nitrogens with one attached hydrogen (secondary N) is 2. The van der Waals surface area contributed by atoms with Crippen LogP contribution in [0.2, 0.25) is 25.7 Å². The van der Waals surface area contributed by atoms with Gasteiger partial charge in [-0.3, -0.25) is 4.79 Å². The summed E-state index contributed by atoms with van der Waals surface area (Å²) < 4.78 is 13.7. The maximum absolute atomic E-state index is 14.2. The first kappa shape index (κ1) is 37.1. The Morgan fingerprint density at radius 3 is 2.13 bits per heavy atom. The molecule has 2 aliphatic carbocycles. The van der Waals surface area contributed by atoms with Crippen LogP contribution in [0.3, 0.4) is 0 Å². The third-order valence-electron chi connectivity index (χ3n) is 9.81. The van der Waals surface area contributed by atoms with Crippen LogP contribution in [0.15, 0.2) is 18.3 Å². The van der Waals surface area contributed by atoms with Gasteiger partial charge >= 0.3 is 6.09 Å². The number of amides is 2. The molecular formula is C37H61N5O4Si. The average Bonchev–Trinajstić information content (AvgIpc) is 3.33. The molecule has 0 radical (unpaired) electrons. The molecule has 0 aromatic carbocycles. The largest absolute Gasteiger partial charge is 0.444 e. The molecule has 1 unspecified atom stereocenters. The predicted molar refractivity (Wildman–Crippen MR) is 192 cm³/mol. The molecule has 0 spiro atoms. The van der Waals surface area contributed by atoms with Crippen LogP contribution < -0.4 is 10.6 Å². The van der Waals surface area contributed by atoms with Crippen molar-refractivity contribution >= 4 is 25.9 Å². The molecular weight excluding hydrogens is 607 g/mol. The Balaban J connectivity index is 1.54. The third kappa shape index (κ3) is 10.9. The van der Waals surface area contributed by atoms with Crippen molar-refractivity contribution in [3.05, 3.63) is 29.7 Å². The molecule has 10 heteroatoms. The molecule has 2 amide bonds. The van der Waals surface area contributed by atoms with Crippen LogP contribution in [0.1, 0.15) is 103 Å². The summed E-state index contributed by atoms with van der Waals surface area (Å²) in [4.78, 5) is 32.1. The Kier molecular flexibility index (Phi) is 13.1. The lowest BCUT2D eigenvalue weighted by Crippen LogP contribution is -2.54. The van der Waals surface area contributed by atoms with Gasteiger partial charge in [-0.25, -0.2) is 14.5 Å². The Morgan fingerprint density at radius 1 is 1.00 bits per heavy atom. The number of aromatic nitrogens is 3. The summed E-state index contributed by atoms with van der Waals surface area (Å²) in [6.45, 7) is 17.9. The van der Waals surface area contributed by atoms with Gasteiger partial charge < -0.3 is 20.1 Å². The number of aryl methyl sites for hydroxylation is 1. The van der Waals surface area contributed by atoms with E-state index in [-0.39, 0.29) is 11.8 Å². The van der Waals surface area contributed by atoms with Gasteiger partial charge in [0.05, 0.1) is 5.69 Å². The lowest BCUT2D eigenvalue weighted by Gasteiger charge is -2.42. The Bertz CT molecular complexity index is 1280. The molecule has 1 atom stereocenters. The van der Waals surface area contributed by atoms with E-state index in [2.05, 4.69) is 42.2 Å². The number of nitrogens with zero attached hydrogens (tertiary/aromatic N) is 3. The van der Waals surface area contributed by atoms with Crippen LogP contribution in [0.5, 0.6) is 0 Å². The standard InChI is InChI=1S/C37H61N5O4Si/c1-9-30-32(26(2)41-42(30)25-45-22-23-47(6,7)8)29-20-21-31(38-24-29)39-35(43)34(40-36(44)46-37(3,4)5)33(27-16-12-10-13-17-27)28-18-14-11-15-19-28/h20-21,24,27-28,33-34H,9-19,22-23,25H2,1-8H3,(H,40,44)(H,38,39,43). The molecule has 4 rings (SSSR count). The monoisotopic (exact) mass is 667 g/mol. The fourth-order valence-corrected chi connectivity index (χ4v) is 8.32. The van der Waals surface area contributed by atoms with Crippen molar-refractivity contribution in [1.29, 1.82) is 0 Å². The summed E-state index contributed by atoms with van der Waals surface area (Å²) in [5, 5.41) is 10.9. The average molecular weight is 668 g/mol. The van der Waals surface area contributed by atoms with E-state index >= 15 is 0 Å². The Hall–Kier alpha value is -2.72. The summed E-state index contributed by atoms with van der Waals surface area (Å²) in [6.07, 6.45) is 13.7. The van der Waals surface area contributed by atoms with Gasteiger partial charge in [0.25, 0.3) is 0 Å². The molecule has 2 aliphatic rings. The summed E-state index contributed by atoms with van der Waals surface area (Å²) in [6, 6.07) is 4.28. The molecule has 2 aromatic rings. The van der Waals surface area contributed by atoms with E-state index in [1.54, 1.807) is 0 Å². The fourth-order valence-electron chi connectivity index (χ4n) is 7.56. The molecule has 262 valence electrons. The van der Waals surface area contributed by atoms with E-state index in [4.69, 9.17) is 14.6 Å². The number of ether oxygens (including phenoxy) is 2. The second-order valence-corrected chi connectivity index (χ2v) is 21.6. The van der Waals surface area contributed by atoms with Crippen LogP contribution in [0, 0.1) is 24.7 Å². The minimum atomic E-state index is -1.16. The van der Waals surface area contributed by atoms with Crippen molar-refractivity contribution in [1.82, 2.24) is 20.1 Å². The lowest BCUT2D eigenvalue weighted by molar-refractivity contribution is -0.121. The first-order chi connectivity index (χ1) is 22.3. The molecule has 2 fully saturated rings. The summed E-state index contributed by atoms with van der Waals surface area (Å²) in [5.74, 6) is 1.12. The molecule has 0 bridgehead atoms. The lowest BCUT2D eigenvalue weighted by atomic mass is 9.66. The minimum Gasteiger partial charge on any atom is -0.444 e. The van der Waals surface area contributed by atoms with Gasteiger partial charge in [-0.2, -0.15) is 5.10 Å². The van der Waals surface area contributed by atoms with Gasteiger partial charge in [-0.1, -0.05) is 90.8 Å². The zero-order chi connectivity index (χ0) is 34.2. The van der Waals surface area contributed by atoms with E-state index in [0.717, 1.165) is 67.3 Å². The normalized spacial score (nSPS) is 17.5. The minimum absolute atomic E-state index is 0.0657. The van der Waals surface area contributed by atoms with E-state index in [0.29, 0.717) is 24.4 Å². The topological polar surface area (TPSA) is 107 Å². The van der Waals surface area contributed by atoms with Gasteiger partial charge in [-0.05, 0) is 70.0 Å². The van der Waals surface area contributed by atoms with Crippen LogP contribution >= 0.6 is 0 Å². The summed E-state index contributed by atoms with van der Waals surface area (Å²) in [5.41, 5.74) is 3.40. The van der Waals surface area contributed by atoms with Crippen molar-refractivity contribution in [2.75, 3.05) is 11.9 Å². The van der Waals surface area contributed by atoms with Gasteiger partial charge in [0.1, 0.15) is 24.2 Å². The molecule has 2 N–H and O–H groups in total. The highest BCUT2D eigenvalue weighted by atomic mass is 28.3. The number of anilines is 1. The zero-order valence-electron chi connectivity index (χ0n) is 30.4. The van der Waals surface area contributed by atoms with Crippen LogP contribution in [-0.4, -0.2) is 53.1 Å². The fraction of sp³-hybridized carbons (Fsp3) is 0.730. The van der Waals surface area contributed by atoms with E-state index in [1.807, 2.05) is 50.7 Å². The van der Waals surface area contributed by atoms with E-state index in [9.17, 15) is 9.59 Å². The van der Waals surface area contributed by atoms with Crippen molar-refractivity contribution < 1.29 is 19.1 Å². The number of hydrogen-bond donors (Lipinski definition) is 2. The molecule has 0 aliphatic heterocycles. The smallest absolute Gasteiger partial charge is 0.408 e. The highest BCUT2D eigenvalue weighted by Crippen LogP contribution is 2.42. The Morgan fingerprint density at radius 2 is 1.62 bits per heavy atom. The van der Waals surface area contributed by atoms with Crippen LogP contribution in [0.4, 0.5) is 10.6 Å². The van der Waals surface area contributed by atoms with Crippen molar-refractivity contribution in [2.24, 2.45) is 17.8 Å². The molecule has 9 nitrogen and oxygen atoms in total. The molecule has 47 heavy (non-hydrogen) atoms. The summed E-state index contributed by atoms with van der Waals surface area (Å²) >= 11 is 0. The highest BCUT2D eigenvalue weighted by molar-refractivity contribution is 6.76. The number of rotatable bonds is 13. The SMILES string of the molecule is CCc1c(-c2ccc(NC(=O)C(NC(=O)OC(C)(C)C)C(C3CCCCC3)C3CCCCC3)nc2)c(C)nn1COCC[Si](C)(C)C. The number of hydrogen-bond acceptors (Lipinski definition) is 6. The maximum Gasteiger partial charge on any atom is 0.408 e. The van der Waals surface area contributed by atoms with Crippen LogP contribution in [0.25, 0.3) is 11.1 Å². The highest BCUT2D eigenvalue weighted by Gasteiger charge is 2.41. The van der Waals surface area contributed by atoms with Crippen molar-refractivity contribution in [2.45, 2.75) is 149 Å². The van der Waals surface area contributed by atoms with Gasteiger partial charge in [-0.15, -0.1) is 0 Å². The first-order valence-corrected chi connectivity index (χ1v) is 21.9. The summed E-state index contributed by atoms with van der Waals surface area (Å²) in [7, 11) is -1.16. The first-order valence-electron chi connectivity index (χ1n) is 18.2. The van der Waals surface area contributed by atoms with Gasteiger partial charge in [0, 0.05) is 37.7 Å². The molecule has 2 saturated carbocycles. The van der Waals surface area contributed by atoms with Crippen LogP contribution in [-0.2, 0) is 27.4 Å². The maximum atomic E-state index is 14.2. The quantitative estimate of drug-likeness (QED) is 0.163. The second-order valence-electron chi connectivity index (χ2n) is 16.0. The van der Waals surface area contributed by atoms with Gasteiger partial charge in [0.15, 0.2) is 0 Å². The third-order valence-corrected chi connectivity index (χ3v) is 11.5. The molecule has 0 saturated heterocycles.